The fraction of sp³-hybridized carbons (Fsp3) is 0.583. The molecule has 0 radical (unpaired) electrons. The monoisotopic (exact) mass is 371 g/mol. The minimum absolute atomic E-state index is 0.577. The van der Waals surface area contributed by atoms with Gasteiger partial charge >= 0.3 is 0 Å². The fourth-order valence-electron chi connectivity index (χ4n) is 3.51. The van der Waals surface area contributed by atoms with Gasteiger partial charge in [-0.1, -0.05) is 39.5 Å². The van der Waals surface area contributed by atoms with E-state index in [1.54, 1.807) is 5.56 Å². The number of rotatable bonds is 7. The first-order valence-corrected chi connectivity index (χ1v) is 10.7. The number of nitrogens with zero attached hydrogens (tertiary/aromatic N) is 1. The smallest absolute Gasteiger partial charge is 0.0364 e. The molecule has 2 rings (SSSR count). The van der Waals surface area contributed by atoms with Crippen LogP contribution in [0, 0.1) is 31.1 Å². The van der Waals surface area contributed by atoms with Crippen molar-refractivity contribution in [1.29, 1.82) is 0 Å². The van der Waals surface area contributed by atoms with Crippen LogP contribution in [0.25, 0.3) is 0 Å². The highest BCUT2D eigenvalue weighted by Crippen LogP contribution is 2.45. The van der Waals surface area contributed by atoms with E-state index in [1.165, 1.54) is 67.7 Å². The van der Waals surface area contributed by atoms with Gasteiger partial charge < -0.3 is 4.90 Å². The van der Waals surface area contributed by atoms with Crippen LogP contribution in [0.1, 0.15) is 64.4 Å². The van der Waals surface area contributed by atoms with Gasteiger partial charge in [0.05, 0.1) is 0 Å². The maximum atomic E-state index is 4.00. The van der Waals surface area contributed by atoms with E-state index in [0.29, 0.717) is 5.41 Å². The zero-order chi connectivity index (χ0) is 20.0. The Balaban J connectivity index is 0.00000146. The predicted molar refractivity (Wildman–Crippen MR) is 121 cm³/mol. The van der Waals surface area contributed by atoms with Gasteiger partial charge in [0.15, 0.2) is 0 Å². The highest BCUT2D eigenvalue weighted by Gasteiger charge is 2.31. The van der Waals surface area contributed by atoms with Gasteiger partial charge in [-0.3, -0.25) is 0 Å². The maximum absolute atomic E-state index is 4.00. The van der Waals surface area contributed by atoms with Crippen molar-refractivity contribution in [1.82, 2.24) is 0 Å². The topological polar surface area (TPSA) is 3.24 Å². The first kappa shape index (κ1) is 24.5. The Bertz CT molecular complexity index is 528. The van der Waals surface area contributed by atoms with Gasteiger partial charge in [0.1, 0.15) is 0 Å². The number of unbranched alkanes of at least 4 members (excludes halogenated alkanes) is 2. The number of terminal acetylenes is 2. The summed E-state index contributed by atoms with van der Waals surface area (Å²) in [6, 6.07) is 7.04. The second-order valence-corrected chi connectivity index (χ2v) is 8.20. The van der Waals surface area contributed by atoms with E-state index < -0.39 is 0 Å². The Kier molecular flexibility index (Phi) is 12.9. The molecule has 0 amide bonds. The molecule has 0 fully saturated rings. The molecule has 1 aromatic rings. The summed E-state index contributed by atoms with van der Waals surface area (Å²) in [4.78, 5) is 3.75. The number of benzene rings is 1. The Morgan fingerprint density at radius 1 is 1.00 bits per heavy atom. The molecule has 1 aliphatic rings. The lowest BCUT2D eigenvalue weighted by Crippen LogP contribution is -2.24. The number of anilines is 1. The standard InChI is InChI=1S/C20H33NS.2C2H2/c1-5-7-12-20(13-8-6-2)14-11-17-15-18(21(3)4)9-10-19(17)22-16-20;2*1-2/h9-10,15H,5-8,11-14,16H2,1-4H3;2*1-2H. The normalized spacial score (nSPS) is 14.5. The van der Waals surface area contributed by atoms with Gasteiger partial charge in [0, 0.05) is 30.4 Å². The minimum Gasteiger partial charge on any atom is -0.378 e. The van der Waals surface area contributed by atoms with Crippen LogP contribution in [0.3, 0.4) is 0 Å². The van der Waals surface area contributed by atoms with E-state index in [9.17, 15) is 0 Å². The van der Waals surface area contributed by atoms with Crippen LogP contribution in [-0.4, -0.2) is 19.8 Å². The molecule has 0 unspecified atom stereocenters. The van der Waals surface area contributed by atoms with Gasteiger partial charge in [0.2, 0.25) is 0 Å². The van der Waals surface area contributed by atoms with Crippen molar-refractivity contribution in [2.45, 2.75) is 70.1 Å². The summed E-state index contributed by atoms with van der Waals surface area (Å²) in [5.74, 6) is 1.32. The predicted octanol–water partition coefficient (Wildman–Crippen LogP) is 6.66. The van der Waals surface area contributed by atoms with Crippen LogP contribution in [-0.2, 0) is 6.42 Å². The molecule has 0 aromatic heterocycles. The molecular weight excluding hydrogens is 334 g/mol. The molecule has 0 bridgehead atoms. The second-order valence-electron chi connectivity index (χ2n) is 7.18. The number of aryl methyl sites for hydroxylation is 1. The van der Waals surface area contributed by atoms with Crippen LogP contribution in [0.4, 0.5) is 5.69 Å². The van der Waals surface area contributed by atoms with Crippen molar-refractivity contribution in [3.63, 3.8) is 0 Å². The third kappa shape index (κ3) is 7.39. The summed E-state index contributed by atoms with van der Waals surface area (Å²) >= 11 is 2.12. The first-order valence-electron chi connectivity index (χ1n) is 9.70. The summed E-state index contributed by atoms with van der Waals surface area (Å²) in [6.07, 6.45) is 26.9. The van der Waals surface area contributed by atoms with E-state index >= 15 is 0 Å². The van der Waals surface area contributed by atoms with Gasteiger partial charge in [-0.2, -0.15) is 0 Å². The van der Waals surface area contributed by atoms with Gasteiger partial charge in [-0.05, 0) is 54.9 Å². The van der Waals surface area contributed by atoms with Crippen molar-refractivity contribution in [2.75, 3.05) is 24.7 Å². The summed E-state index contributed by atoms with van der Waals surface area (Å²) in [6.45, 7) is 4.66. The average Bonchev–Trinajstić information content (AvgIpc) is 2.88. The lowest BCUT2D eigenvalue weighted by atomic mass is 9.75. The number of fused-ring (bicyclic) bond motifs is 1. The maximum Gasteiger partial charge on any atom is 0.0364 e. The molecular formula is C24H37NS. The van der Waals surface area contributed by atoms with Crippen LogP contribution >= 0.6 is 11.8 Å². The quantitative estimate of drug-likeness (QED) is 0.493. The van der Waals surface area contributed by atoms with Crippen LogP contribution in [0.2, 0.25) is 0 Å². The Labute approximate surface area is 167 Å². The molecule has 0 spiro atoms. The highest BCUT2D eigenvalue weighted by molar-refractivity contribution is 7.99. The van der Waals surface area contributed by atoms with E-state index in [0.717, 1.165) is 0 Å². The van der Waals surface area contributed by atoms with E-state index in [4.69, 9.17) is 0 Å². The molecule has 1 aromatic carbocycles. The van der Waals surface area contributed by atoms with Crippen molar-refractivity contribution in [3.8, 4) is 25.7 Å². The van der Waals surface area contributed by atoms with E-state index in [1.807, 2.05) is 0 Å². The molecule has 1 heterocycles. The third-order valence-electron chi connectivity index (χ3n) is 5.14. The summed E-state index contributed by atoms with van der Waals surface area (Å²) in [5.41, 5.74) is 3.49. The Morgan fingerprint density at radius 2 is 1.58 bits per heavy atom. The van der Waals surface area contributed by atoms with Crippen molar-refractivity contribution >= 4 is 17.4 Å². The average molecular weight is 372 g/mol. The van der Waals surface area contributed by atoms with Crippen LogP contribution in [0.15, 0.2) is 23.1 Å². The van der Waals surface area contributed by atoms with Gasteiger partial charge in [0.25, 0.3) is 0 Å². The largest absolute Gasteiger partial charge is 0.378 e. The van der Waals surface area contributed by atoms with Crippen LogP contribution < -0.4 is 4.90 Å². The molecule has 26 heavy (non-hydrogen) atoms. The minimum atomic E-state index is 0.577. The molecule has 0 aliphatic carbocycles. The first-order chi connectivity index (χ1) is 12.6. The number of thioether (sulfide) groups is 1. The molecule has 2 heteroatoms. The molecule has 0 N–H and O–H groups in total. The molecule has 0 saturated heterocycles. The van der Waals surface area contributed by atoms with Crippen molar-refractivity contribution in [2.24, 2.45) is 5.41 Å². The Morgan fingerprint density at radius 3 is 2.08 bits per heavy atom. The van der Waals surface area contributed by atoms with Gasteiger partial charge in [-0.25, -0.2) is 0 Å². The van der Waals surface area contributed by atoms with E-state index in [2.05, 4.69) is 88.5 Å². The molecule has 144 valence electrons. The zero-order valence-electron chi connectivity index (χ0n) is 17.3. The fourth-order valence-corrected chi connectivity index (χ4v) is 4.91. The second kappa shape index (κ2) is 13.7. The van der Waals surface area contributed by atoms with Crippen molar-refractivity contribution in [3.05, 3.63) is 23.8 Å². The van der Waals surface area contributed by atoms with Gasteiger partial charge in [-0.15, -0.1) is 37.5 Å². The Hall–Kier alpha value is -1.51. The molecule has 0 saturated carbocycles. The lowest BCUT2D eigenvalue weighted by molar-refractivity contribution is 0.244. The summed E-state index contributed by atoms with van der Waals surface area (Å²) in [7, 11) is 4.27. The SMILES string of the molecule is C#C.C#C.CCCCC1(CCCC)CCc2cc(N(C)C)ccc2SC1. The van der Waals surface area contributed by atoms with Crippen molar-refractivity contribution < 1.29 is 0 Å². The molecule has 1 aliphatic heterocycles. The number of hydrogen-bond acceptors (Lipinski definition) is 2. The summed E-state index contributed by atoms with van der Waals surface area (Å²) in [5, 5.41) is 0. The highest BCUT2D eigenvalue weighted by atomic mass is 32.2. The van der Waals surface area contributed by atoms with Crippen LogP contribution in [0.5, 0.6) is 0 Å². The van der Waals surface area contributed by atoms with E-state index in [-0.39, 0.29) is 0 Å². The summed E-state index contributed by atoms with van der Waals surface area (Å²) < 4.78 is 0. The molecule has 0 atom stereocenters. The lowest BCUT2D eigenvalue weighted by Gasteiger charge is -2.32. The molecule has 1 nitrogen and oxygen atoms in total. The third-order valence-corrected chi connectivity index (χ3v) is 6.61. The number of hydrogen-bond donors (Lipinski definition) is 0. The zero-order valence-corrected chi connectivity index (χ0v) is 18.1.